The molecule has 0 amide bonds. The summed E-state index contributed by atoms with van der Waals surface area (Å²) in [6.07, 6.45) is 6.30. The third-order valence-electron chi connectivity index (χ3n) is 4.81. The minimum absolute atomic E-state index is 0.0520. The molecule has 0 N–H and O–H groups in total. The lowest BCUT2D eigenvalue weighted by Gasteiger charge is -2.20. The van der Waals surface area contributed by atoms with Crippen molar-refractivity contribution < 1.29 is 8.42 Å². The average Bonchev–Trinajstić information content (AvgIpc) is 3.31. The molecule has 1 saturated heterocycles. The Bertz CT molecular complexity index is 1060. The van der Waals surface area contributed by atoms with Crippen molar-refractivity contribution in [3.63, 3.8) is 0 Å². The molecule has 0 spiro atoms. The van der Waals surface area contributed by atoms with Crippen molar-refractivity contribution >= 4 is 9.84 Å². The number of hydrogen-bond donors (Lipinski definition) is 0. The number of sulfone groups is 1. The van der Waals surface area contributed by atoms with Gasteiger partial charge in [-0.2, -0.15) is 0 Å². The van der Waals surface area contributed by atoms with Crippen molar-refractivity contribution in [1.29, 1.82) is 0 Å². The van der Waals surface area contributed by atoms with Gasteiger partial charge in [0.2, 0.25) is 0 Å². The Hall–Kier alpha value is -2.48. The molecule has 4 rings (SSSR count). The topological polar surface area (TPSA) is 82.7 Å². The van der Waals surface area contributed by atoms with E-state index in [4.69, 9.17) is 4.98 Å². The van der Waals surface area contributed by atoms with E-state index in [2.05, 4.69) is 35.4 Å². The van der Waals surface area contributed by atoms with Gasteiger partial charge in [-0.05, 0) is 45.4 Å². The standard InChI is InChI=1S/C19H23N5O2S/c1-19(2,3)23-10-7-14(12-23)18-21-17(16-6-4-5-9-20-16)22-24(18)15-8-11-27(25,26)13-15/h4-7,9-10,12,15H,8,11,13H2,1-3H3. The summed E-state index contributed by atoms with van der Waals surface area (Å²) in [4.78, 5) is 9.05. The molecule has 8 heteroatoms. The van der Waals surface area contributed by atoms with Crippen LogP contribution in [0.25, 0.3) is 22.9 Å². The zero-order valence-electron chi connectivity index (χ0n) is 15.7. The first-order chi connectivity index (χ1) is 12.7. The van der Waals surface area contributed by atoms with Crippen LogP contribution in [0, 0.1) is 0 Å². The Kier molecular flexibility index (Phi) is 4.18. The van der Waals surface area contributed by atoms with E-state index in [9.17, 15) is 8.42 Å². The third-order valence-corrected chi connectivity index (χ3v) is 6.56. The van der Waals surface area contributed by atoms with Crippen LogP contribution in [-0.2, 0) is 15.4 Å². The van der Waals surface area contributed by atoms with Crippen molar-refractivity contribution in [1.82, 2.24) is 24.3 Å². The van der Waals surface area contributed by atoms with Gasteiger partial charge in [-0.3, -0.25) is 4.98 Å². The van der Waals surface area contributed by atoms with Crippen LogP contribution in [0.4, 0.5) is 0 Å². The molecule has 1 atom stereocenters. The molecule has 1 aliphatic heterocycles. The molecule has 4 heterocycles. The second-order valence-corrected chi connectivity index (χ2v) is 10.2. The first-order valence-corrected chi connectivity index (χ1v) is 10.8. The number of aromatic nitrogens is 5. The molecule has 3 aromatic rings. The summed E-state index contributed by atoms with van der Waals surface area (Å²) in [6, 6.07) is 7.38. The summed E-state index contributed by atoms with van der Waals surface area (Å²) >= 11 is 0. The highest BCUT2D eigenvalue weighted by Crippen LogP contribution is 2.31. The molecule has 142 valence electrons. The zero-order chi connectivity index (χ0) is 19.2. The van der Waals surface area contributed by atoms with Gasteiger partial charge in [-0.1, -0.05) is 6.07 Å². The third kappa shape index (κ3) is 3.53. The molecule has 1 aliphatic rings. The quantitative estimate of drug-likeness (QED) is 0.692. The minimum Gasteiger partial charge on any atom is -0.348 e. The van der Waals surface area contributed by atoms with Gasteiger partial charge in [-0.15, -0.1) is 5.10 Å². The van der Waals surface area contributed by atoms with Gasteiger partial charge >= 0.3 is 0 Å². The number of pyridine rings is 1. The van der Waals surface area contributed by atoms with Crippen LogP contribution < -0.4 is 0 Å². The van der Waals surface area contributed by atoms with Gasteiger partial charge in [0.05, 0.1) is 17.5 Å². The van der Waals surface area contributed by atoms with E-state index in [0.717, 1.165) is 5.56 Å². The highest BCUT2D eigenvalue weighted by molar-refractivity contribution is 7.91. The van der Waals surface area contributed by atoms with Crippen LogP contribution in [0.3, 0.4) is 0 Å². The van der Waals surface area contributed by atoms with Crippen LogP contribution in [0.5, 0.6) is 0 Å². The Morgan fingerprint density at radius 2 is 2.00 bits per heavy atom. The van der Waals surface area contributed by atoms with Crippen LogP contribution in [0.15, 0.2) is 42.9 Å². The van der Waals surface area contributed by atoms with Gasteiger partial charge in [0, 0.05) is 29.7 Å². The van der Waals surface area contributed by atoms with E-state index in [1.165, 1.54) is 0 Å². The lowest BCUT2D eigenvalue weighted by Crippen LogP contribution is -2.19. The van der Waals surface area contributed by atoms with Crippen LogP contribution in [0.2, 0.25) is 0 Å². The van der Waals surface area contributed by atoms with Gasteiger partial charge in [0.15, 0.2) is 21.5 Å². The Balaban J connectivity index is 1.81. The maximum atomic E-state index is 12.0. The molecular formula is C19H23N5O2S. The molecule has 1 fully saturated rings. The first kappa shape index (κ1) is 17.9. The SMILES string of the molecule is CC(C)(C)n1ccc(-c2nc(-c3ccccn3)nn2C2CCS(=O)(=O)C2)c1. The monoisotopic (exact) mass is 385 g/mol. The number of hydrogen-bond acceptors (Lipinski definition) is 5. The lowest BCUT2D eigenvalue weighted by atomic mass is 10.1. The first-order valence-electron chi connectivity index (χ1n) is 9.00. The van der Waals surface area contributed by atoms with E-state index >= 15 is 0 Å². The Morgan fingerprint density at radius 1 is 1.19 bits per heavy atom. The molecular weight excluding hydrogens is 362 g/mol. The molecule has 0 radical (unpaired) electrons. The van der Waals surface area contributed by atoms with Gasteiger partial charge in [0.25, 0.3) is 0 Å². The number of rotatable bonds is 3. The van der Waals surface area contributed by atoms with Crippen LogP contribution in [-0.4, -0.2) is 44.2 Å². The summed E-state index contributed by atoms with van der Waals surface area (Å²) in [5.74, 6) is 1.49. The fraction of sp³-hybridized carbons (Fsp3) is 0.421. The molecule has 27 heavy (non-hydrogen) atoms. The summed E-state index contributed by atoms with van der Waals surface area (Å²) in [5.41, 5.74) is 1.54. The highest BCUT2D eigenvalue weighted by Gasteiger charge is 2.32. The van der Waals surface area contributed by atoms with Crippen molar-refractivity contribution in [3.8, 4) is 22.9 Å². The Morgan fingerprint density at radius 3 is 2.59 bits per heavy atom. The zero-order valence-corrected chi connectivity index (χ0v) is 16.5. The van der Waals surface area contributed by atoms with E-state index in [-0.39, 0.29) is 23.1 Å². The van der Waals surface area contributed by atoms with E-state index in [1.807, 2.05) is 36.7 Å². The largest absolute Gasteiger partial charge is 0.348 e. The van der Waals surface area contributed by atoms with Crippen molar-refractivity contribution in [2.45, 2.75) is 38.8 Å². The summed E-state index contributed by atoms with van der Waals surface area (Å²) < 4.78 is 27.9. The average molecular weight is 385 g/mol. The molecule has 0 aromatic carbocycles. The molecule has 0 saturated carbocycles. The molecule has 0 bridgehead atoms. The second kappa shape index (κ2) is 6.30. The van der Waals surface area contributed by atoms with Crippen molar-refractivity contribution in [2.24, 2.45) is 0 Å². The fourth-order valence-electron chi connectivity index (χ4n) is 3.29. The molecule has 3 aromatic heterocycles. The fourth-order valence-corrected chi connectivity index (χ4v) is 4.98. The normalized spacial score (nSPS) is 19.4. The lowest BCUT2D eigenvalue weighted by molar-refractivity contribution is 0.398. The predicted octanol–water partition coefficient (Wildman–Crippen LogP) is 2.92. The van der Waals surface area contributed by atoms with Gasteiger partial charge in [0.1, 0.15) is 5.69 Å². The van der Waals surface area contributed by atoms with E-state index < -0.39 is 9.84 Å². The molecule has 0 aliphatic carbocycles. The maximum Gasteiger partial charge on any atom is 0.200 e. The smallest absolute Gasteiger partial charge is 0.200 e. The van der Waals surface area contributed by atoms with Gasteiger partial charge in [-0.25, -0.2) is 18.1 Å². The second-order valence-electron chi connectivity index (χ2n) is 7.95. The van der Waals surface area contributed by atoms with Crippen molar-refractivity contribution in [3.05, 3.63) is 42.9 Å². The summed E-state index contributed by atoms with van der Waals surface area (Å²) in [5, 5.41) is 4.65. The van der Waals surface area contributed by atoms with Crippen molar-refractivity contribution in [2.75, 3.05) is 11.5 Å². The molecule has 1 unspecified atom stereocenters. The van der Waals surface area contributed by atoms with E-state index in [0.29, 0.717) is 23.8 Å². The molecule has 7 nitrogen and oxygen atoms in total. The maximum absolute atomic E-state index is 12.0. The van der Waals surface area contributed by atoms with Crippen LogP contribution in [0.1, 0.15) is 33.2 Å². The van der Waals surface area contributed by atoms with E-state index in [1.54, 1.807) is 10.9 Å². The minimum atomic E-state index is -3.03. The van der Waals surface area contributed by atoms with Gasteiger partial charge < -0.3 is 4.57 Å². The highest BCUT2D eigenvalue weighted by atomic mass is 32.2. The Labute approximate surface area is 159 Å². The summed E-state index contributed by atoms with van der Waals surface area (Å²) in [6.45, 7) is 6.39. The number of nitrogens with zero attached hydrogens (tertiary/aromatic N) is 5. The van der Waals surface area contributed by atoms with Crippen LogP contribution >= 0.6 is 0 Å². The summed E-state index contributed by atoms with van der Waals surface area (Å²) in [7, 11) is -3.03. The predicted molar refractivity (Wildman–Crippen MR) is 104 cm³/mol.